The summed E-state index contributed by atoms with van der Waals surface area (Å²) in [6, 6.07) is 36.0. The molecule has 0 aliphatic rings. The Labute approximate surface area is 248 Å². The van der Waals surface area contributed by atoms with Gasteiger partial charge in [-0.05, 0) is 18.3 Å². The van der Waals surface area contributed by atoms with Crippen molar-refractivity contribution in [3.63, 3.8) is 0 Å². The fourth-order valence-corrected chi connectivity index (χ4v) is 5.71. The molecule has 0 saturated carbocycles. The van der Waals surface area contributed by atoms with E-state index in [1.807, 2.05) is 6.07 Å². The van der Waals surface area contributed by atoms with Gasteiger partial charge in [-0.2, -0.15) is 17.1 Å². The largest absolute Gasteiger partial charge is 2.00 e. The minimum atomic E-state index is -0.0103. The Kier molecular flexibility index (Phi) is 9.17. The molecule has 4 heteroatoms. The average molecular weight is 608 g/mol. The molecule has 0 spiro atoms. The molecule has 0 unspecified atom stereocenters. The molecule has 204 valence electrons. The van der Waals surface area contributed by atoms with Gasteiger partial charge in [-0.3, -0.25) is 0 Å². The second kappa shape index (κ2) is 11.8. The molecule has 2 aromatic heterocycles. The van der Waals surface area contributed by atoms with Gasteiger partial charge in [0, 0.05) is 11.1 Å². The molecular weight excluding hydrogens is 569 g/mol. The molecular formula is C35H39N3Pd. The van der Waals surface area contributed by atoms with E-state index in [-0.39, 0.29) is 38.7 Å². The predicted molar refractivity (Wildman–Crippen MR) is 161 cm³/mol. The molecule has 2 heterocycles. The summed E-state index contributed by atoms with van der Waals surface area (Å²) in [6.45, 7) is 13.9. The second-order valence-corrected chi connectivity index (χ2v) is 11.7. The number of aromatic nitrogens is 3. The van der Waals surface area contributed by atoms with Gasteiger partial charge in [0.2, 0.25) is 0 Å². The zero-order valence-corrected chi connectivity index (χ0v) is 25.6. The molecule has 39 heavy (non-hydrogen) atoms. The number of rotatable bonds is 5. The normalized spacial score (nSPS) is 11.4. The van der Waals surface area contributed by atoms with E-state index in [9.17, 15) is 0 Å². The summed E-state index contributed by atoms with van der Waals surface area (Å²) in [4.78, 5) is 0. The van der Waals surface area contributed by atoms with E-state index in [1.165, 1.54) is 11.6 Å². The summed E-state index contributed by atoms with van der Waals surface area (Å²) < 4.78 is 4.47. The first-order chi connectivity index (χ1) is 17.7. The van der Waals surface area contributed by atoms with Gasteiger partial charge in [-0.15, -0.1) is 11.8 Å². The van der Waals surface area contributed by atoms with Crippen molar-refractivity contribution in [2.24, 2.45) is 10.8 Å². The van der Waals surface area contributed by atoms with Gasteiger partial charge >= 0.3 is 20.4 Å². The van der Waals surface area contributed by atoms with E-state index in [4.69, 9.17) is 5.10 Å². The maximum atomic E-state index is 5.29. The van der Waals surface area contributed by atoms with Crippen LogP contribution in [0.2, 0.25) is 0 Å². The van der Waals surface area contributed by atoms with Crippen molar-refractivity contribution in [3.05, 3.63) is 128 Å². The van der Waals surface area contributed by atoms with E-state index < -0.39 is 0 Å². The molecule has 0 atom stereocenters. The van der Waals surface area contributed by atoms with Crippen molar-refractivity contribution in [2.75, 3.05) is 0 Å². The molecule has 5 aromatic rings. The molecule has 0 amide bonds. The SMILES string of the molecule is CC(C)(C)[C-](c1cccn1-c1c(-c2ccccc2)nn(-c2ccccc2)c1-c1ccccc1)C(C)(C)C.[CH3-].[Pd+2]. The van der Waals surface area contributed by atoms with E-state index in [0.717, 1.165) is 33.9 Å². The number of hydrogen-bond acceptors (Lipinski definition) is 1. The Morgan fingerprint density at radius 3 is 1.62 bits per heavy atom. The zero-order valence-electron chi connectivity index (χ0n) is 24.1. The molecule has 0 bridgehead atoms. The van der Waals surface area contributed by atoms with Crippen LogP contribution < -0.4 is 0 Å². The van der Waals surface area contributed by atoms with Crippen LogP contribution in [0.4, 0.5) is 0 Å². The Balaban J connectivity index is 0.00000210. The molecule has 0 fully saturated rings. The number of benzene rings is 3. The van der Waals surface area contributed by atoms with Crippen molar-refractivity contribution in [3.8, 4) is 33.9 Å². The summed E-state index contributed by atoms with van der Waals surface area (Å²) in [6.07, 6.45) is 2.19. The van der Waals surface area contributed by atoms with E-state index in [2.05, 4.69) is 154 Å². The summed E-state index contributed by atoms with van der Waals surface area (Å²) in [5.41, 5.74) is 7.59. The fraction of sp³-hybridized carbons (Fsp3) is 0.229. The Morgan fingerprint density at radius 1 is 0.615 bits per heavy atom. The van der Waals surface area contributed by atoms with E-state index in [0.29, 0.717) is 0 Å². The van der Waals surface area contributed by atoms with E-state index in [1.54, 1.807) is 0 Å². The standard InChI is InChI=1S/C34H36N3.CH3.Pd/c1-33(2,3)32(34(4,5)6)28-23-16-24-36(28)31-29(25-17-10-7-11-18-25)35-37(27-21-14-9-15-22-27)30(31)26-19-12-8-13-20-26;;/h7-24H,1-6H3;1H3;/q2*-1;+2. The fourth-order valence-electron chi connectivity index (χ4n) is 5.71. The van der Waals surface area contributed by atoms with Crippen molar-refractivity contribution >= 4 is 0 Å². The topological polar surface area (TPSA) is 22.8 Å². The first-order valence-corrected chi connectivity index (χ1v) is 13.0. The molecule has 0 aliphatic heterocycles. The van der Waals surface area contributed by atoms with Gasteiger partial charge in [0.1, 0.15) is 5.69 Å². The Morgan fingerprint density at radius 2 is 1.10 bits per heavy atom. The van der Waals surface area contributed by atoms with Crippen LogP contribution in [0.3, 0.4) is 0 Å². The third-order valence-electron chi connectivity index (χ3n) is 6.70. The molecule has 0 saturated heterocycles. The molecule has 0 radical (unpaired) electrons. The third-order valence-corrected chi connectivity index (χ3v) is 6.70. The summed E-state index contributed by atoms with van der Waals surface area (Å²) >= 11 is 0. The first-order valence-electron chi connectivity index (χ1n) is 13.0. The Hall–Kier alpha value is -3.32. The summed E-state index contributed by atoms with van der Waals surface area (Å²) in [5, 5.41) is 5.29. The first kappa shape index (κ1) is 30.2. The van der Waals surface area contributed by atoms with Crippen LogP contribution in [-0.2, 0) is 20.4 Å². The summed E-state index contributed by atoms with van der Waals surface area (Å²) in [5.74, 6) is 1.41. The average Bonchev–Trinajstić information content (AvgIpc) is 3.48. The van der Waals surface area contributed by atoms with Crippen LogP contribution >= 0.6 is 0 Å². The van der Waals surface area contributed by atoms with E-state index >= 15 is 0 Å². The maximum absolute atomic E-state index is 5.29. The predicted octanol–water partition coefficient (Wildman–Crippen LogP) is 9.46. The molecule has 3 nitrogen and oxygen atoms in total. The molecule has 3 aromatic carbocycles. The van der Waals surface area contributed by atoms with Gasteiger partial charge in [0.25, 0.3) is 0 Å². The van der Waals surface area contributed by atoms with Crippen LogP contribution in [0.25, 0.3) is 33.9 Å². The van der Waals surface area contributed by atoms with Crippen LogP contribution in [0, 0.1) is 24.2 Å². The smallest absolute Gasteiger partial charge is 0.358 e. The van der Waals surface area contributed by atoms with Gasteiger partial charge in [-0.1, -0.05) is 131 Å². The summed E-state index contributed by atoms with van der Waals surface area (Å²) in [7, 11) is 0. The second-order valence-electron chi connectivity index (χ2n) is 11.7. The Bertz CT molecular complexity index is 1450. The number of hydrogen-bond donors (Lipinski definition) is 0. The minimum absolute atomic E-state index is 0. The van der Waals surface area contributed by atoms with Crippen molar-refractivity contribution in [2.45, 2.75) is 41.5 Å². The minimum Gasteiger partial charge on any atom is -0.358 e. The zero-order chi connectivity index (χ0) is 26.2. The van der Waals surface area contributed by atoms with Crippen LogP contribution in [0.15, 0.2) is 109 Å². The molecule has 0 N–H and O–H groups in total. The van der Waals surface area contributed by atoms with Gasteiger partial charge in [0.05, 0.1) is 17.1 Å². The third kappa shape index (κ3) is 5.98. The van der Waals surface area contributed by atoms with Crippen LogP contribution in [0.5, 0.6) is 0 Å². The van der Waals surface area contributed by atoms with Crippen LogP contribution in [0.1, 0.15) is 47.2 Å². The molecule has 0 aliphatic carbocycles. The van der Waals surface area contributed by atoms with Crippen LogP contribution in [-0.4, -0.2) is 14.3 Å². The van der Waals surface area contributed by atoms with Crippen molar-refractivity contribution < 1.29 is 20.4 Å². The van der Waals surface area contributed by atoms with Gasteiger partial charge in [-0.25, -0.2) is 4.68 Å². The van der Waals surface area contributed by atoms with Crippen molar-refractivity contribution in [1.82, 2.24) is 14.3 Å². The monoisotopic (exact) mass is 607 g/mol. The number of para-hydroxylation sites is 1. The molecule has 5 rings (SSSR count). The number of nitrogens with zero attached hydrogens (tertiary/aromatic N) is 3. The van der Waals surface area contributed by atoms with Crippen molar-refractivity contribution in [1.29, 1.82) is 0 Å². The van der Waals surface area contributed by atoms with Gasteiger partial charge < -0.3 is 12.0 Å². The maximum Gasteiger partial charge on any atom is 2.00 e. The van der Waals surface area contributed by atoms with Gasteiger partial charge in [0.15, 0.2) is 0 Å². The quantitative estimate of drug-likeness (QED) is 0.144.